The Balaban J connectivity index is 1.45. The molecule has 0 saturated carbocycles. The molecule has 6 heteroatoms. The van der Waals surface area contributed by atoms with Crippen molar-refractivity contribution in [3.8, 4) is 17.0 Å². The van der Waals surface area contributed by atoms with Gasteiger partial charge in [0.2, 0.25) is 0 Å². The molecule has 30 heavy (non-hydrogen) atoms. The zero-order valence-electron chi connectivity index (χ0n) is 17.1. The molecule has 1 aliphatic rings. The van der Waals surface area contributed by atoms with Crippen LogP contribution in [0.15, 0.2) is 59.1 Å². The molecule has 1 amide bonds. The number of hydrogen-bond acceptors (Lipinski definition) is 5. The maximum absolute atomic E-state index is 13.2. The number of carbonyl (C=O) groups is 2. The Morgan fingerprint density at radius 1 is 1.03 bits per heavy atom. The number of piperidine rings is 1. The van der Waals surface area contributed by atoms with Crippen LogP contribution in [0, 0.1) is 12.8 Å². The van der Waals surface area contributed by atoms with E-state index in [1.54, 1.807) is 43.2 Å². The number of likely N-dealkylation sites (tertiary alicyclic amines) is 1. The van der Waals surface area contributed by atoms with E-state index in [1.165, 1.54) is 0 Å². The molecule has 1 aromatic heterocycles. The van der Waals surface area contributed by atoms with Gasteiger partial charge < -0.3 is 14.2 Å². The molecule has 2 heterocycles. The van der Waals surface area contributed by atoms with Gasteiger partial charge in [-0.25, -0.2) is 0 Å². The summed E-state index contributed by atoms with van der Waals surface area (Å²) in [7, 11) is 1.60. The average molecular weight is 404 g/mol. The second kappa shape index (κ2) is 8.53. The first-order chi connectivity index (χ1) is 14.6. The third-order valence-corrected chi connectivity index (χ3v) is 5.65. The van der Waals surface area contributed by atoms with Gasteiger partial charge in [-0.2, -0.15) is 0 Å². The molecule has 154 valence electrons. The van der Waals surface area contributed by atoms with Gasteiger partial charge in [-0.1, -0.05) is 35.5 Å². The van der Waals surface area contributed by atoms with E-state index < -0.39 is 0 Å². The Morgan fingerprint density at radius 2 is 1.70 bits per heavy atom. The Kier molecular flexibility index (Phi) is 5.65. The number of methoxy groups -OCH3 is 1. The van der Waals surface area contributed by atoms with Gasteiger partial charge in [-0.3, -0.25) is 9.59 Å². The Hall–Kier alpha value is -3.41. The molecule has 0 aliphatic carbocycles. The van der Waals surface area contributed by atoms with Crippen LogP contribution in [0.2, 0.25) is 0 Å². The van der Waals surface area contributed by atoms with E-state index in [0.717, 1.165) is 11.3 Å². The van der Waals surface area contributed by atoms with Gasteiger partial charge in [0.15, 0.2) is 5.78 Å². The first kappa shape index (κ1) is 19.9. The molecule has 0 spiro atoms. The van der Waals surface area contributed by atoms with Gasteiger partial charge in [0.1, 0.15) is 22.8 Å². The summed E-state index contributed by atoms with van der Waals surface area (Å²) in [6.45, 7) is 2.82. The van der Waals surface area contributed by atoms with Crippen molar-refractivity contribution < 1.29 is 18.8 Å². The lowest BCUT2D eigenvalue weighted by Gasteiger charge is -2.31. The molecule has 0 bridgehead atoms. The highest BCUT2D eigenvalue weighted by atomic mass is 16.5. The van der Waals surface area contributed by atoms with Gasteiger partial charge in [0, 0.05) is 30.1 Å². The van der Waals surface area contributed by atoms with Crippen LogP contribution < -0.4 is 4.74 Å². The summed E-state index contributed by atoms with van der Waals surface area (Å²) < 4.78 is 10.5. The predicted octanol–water partition coefficient (Wildman–Crippen LogP) is 4.39. The van der Waals surface area contributed by atoms with Crippen LogP contribution in [0.5, 0.6) is 5.75 Å². The highest BCUT2D eigenvalue weighted by Crippen LogP contribution is 2.29. The van der Waals surface area contributed by atoms with Gasteiger partial charge in [-0.15, -0.1) is 0 Å². The van der Waals surface area contributed by atoms with Gasteiger partial charge in [0.05, 0.1) is 7.11 Å². The maximum Gasteiger partial charge on any atom is 0.259 e. The van der Waals surface area contributed by atoms with Crippen LogP contribution >= 0.6 is 0 Å². The number of Topliss-reactive ketones (excluding diaryl/α,β-unsaturated/α-hetero) is 1. The summed E-state index contributed by atoms with van der Waals surface area (Å²) in [6.07, 6.45) is 1.28. The van der Waals surface area contributed by atoms with Crippen molar-refractivity contribution in [1.29, 1.82) is 0 Å². The number of nitrogens with zero attached hydrogens (tertiary/aromatic N) is 2. The third-order valence-electron chi connectivity index (χ3n) is 5.65. The summed E-state index contributed by atoms with van der Waals surface area (Å²) in [6, 6.07) is 16.7. The van der Waals surface area contributed by atoms with Crippen molar-refractivity contribution in [3.63, 3.8) is 0 Å². The van der Waals surface area contributed by atoms with Crippen molar-refractivity contribution in [2.24, 2.45) is 5.92 Å². The maximum atomic E-state index is 13.2. The van der Waals surface area contributed by atoms with Crippen molar-refractivity contribution in [2.75, 3.05) is 20.2 Å². The number of amides is 1. The number of carbonyl (C=O) groups excluding carboxylic acids is 2. The highest BCUT2D eigenvalue weighted by Gasteiger charge is 2.31. The summed E-state index contributed by atoms with van der Waals surface area (Å²) in [4.78, 5) is 27.8. The minimum atomic E-state index is -0.0945. The predicted molar refractivity (Wildman–Crippen MR) is 113 cm³/mol. The molecule has 6 nitrogen and oxygen atoms in total. The van der Waals surface area contributed by atoms with E-state index in [4.69, 9.17) is 9.26 Å². The van der Waals surface area contributed by atoms with E-state index in [0.29, 0.717) is 48.5 Å². The molecule has 4 rings (SSSR count). The summed E-state index contributed by atoms with van der Waals surface area (Å²) in [5, 5.41) is 4.11. The van der Waals surface area contributed by atoms with Crippen molar-refractivity contribution in [2.45, 2.75) is 19.8 Å². The zero-order chi connectivity index (χ0) is 21.1. The molecule has 1 aliphatic heterocycles. The molecule has 1 fully saturated rings. The number of aryl methyl sites for hydroxylation is 1. The van der Waals surface area contributed by atoms with Gasteiger partial charge in [-0.05, 0) is 44.0 Å². The van der Waals surface area contributed by atoms with E-state index in [2.05, 4.69) is 5.16 Å². The van der Waals surface area contributed by atoms with Crippen molar-refractivity contribution in [3.05, 3.63) is 71.5 Å². The monoisotopic (exact) mass is 404 g/mol. The smallest absolute Gasteiger partial charge is 0.259 e. The largest absolute Gasteiger partial charge is 0.497 e. The summed E-state index contributed by atoms with van der Waals surface area (Å²) >= 11 is 0. The first-order valence-corrected chi connectivity index (χ1v) is 10.1. The molecule has 3 aromatic rings. The van der Waals surface area contributed by atoms with Crippen LogP contribution in [-0.2, 0) is 0 Å². The average Bonchev–Trinajstić information content (AvgIpc) is 3.20. The van der Waals surface area contributed by atoms with Crippen LogP contribution in [0.4, 0.5) is 0 Å². The molecule has 0 N–H and O–H groups in total. The quantitative estimate of drug-likeness (QED) is 0.590. The molecule has 0 unspecified atom stereocenters. The van der Waals surface area contributed by atoms with Gasteiger partial charge in [0.25, 0.3) is 5.91 Å². The lowest BCUT2D eigenvalue weighted by molar-refractivity contribution is 0.0649. The van der Waals surface area contributed by atoms with Crippen LogP contribution in [-0.4, -0.2) is 41.9 Å². The standard InChI is InChI=1S/C24H24N2O4/c1-16-21(22(25-30-16)17-6-4-3-5-7-17)24(28)26-14-12-19(13-15-26)23(27)18-8-10-20(29-2)11-9-18/h3-11,19H,12-15H2,1-2H3. The second-order valence-electron chi connectivity index (χ2n) is 7.49. The Morgan fingerprint density at radius 3 is 2.33 bits per heavy atom. The summed E-state index contributed by atoms with van der Waals surface area (Å²) in [5.41, 5.74) is 2.60. The van der Waals surface area contributed by atoms with Crippen molar-refractivity contribution >= 4 is 11.7 Å². The third kappa shape index (κ3) is 3.85. The van der Waals surface area contributed by atoms with Crippen molar-refractivity contribution in [1.82, 2.24) is 10.1 Å². The molecular weight excluding hydrogens is 380 g/mol. The molecule has 2 aromatic carbocycles. The van der Waals surface area contributed by atoms with Crippen LogP contribution in [0.3, 0.4) is 0 Å². The number of ether oxygens (including phenoxy) is 1. The normalized spacial score (nSPS) is 14.5. The number of ketones is 1. The minimum Gasteiger partial charge on any atom is -0.497 e. The van der Waals surface area contributed by atoms with E-state index in [9.17, 15) is 9.59 Å². The van der Waals surface area contributed by atoms with Gasteiger partial charge >= 0.3 is 0 Å². The molecule has 1 saturated heterocycles. The van der Waals surface area contributed by atoms with E-state index >= 15 is 0 Å². The Bertz CT molecular complexity index is 1030. The zero-order valence-corrected chi connectivity index (χ0v) is 17.1. The lowest BCUT2D eigenvalue weighted by atomic mass is 9.88. The number of rotatable bonds is 5. The van der Waals surface area contributed by atoms with Crippen LogP contribution in [0.25, 0.3) is 11.3 Å². The lowest BCUT2D eigenvalue weighted by Crippen LogP contribution is -2.40. The topological polar surface area (TPSA) is 72.6 Å². The number of aromatic nitrogens is 1. The fraction of sp³-hybridized carbons (Fsp3) is 0.292. The number of benzene rings is 2. The minimum absolute atomic E-state index is 0.0837. The fourth-order valence-electron chi connectivity index (χ4n) is 3.91. The first-order valence-electron chi connectivity index (χ1n) is 10.1. The molecular formula is C24H24N2O4. The van der Waals surface area contributed by atoms with E-state index in [-0.39, 0.29) is 17.6 Å². The summed E-state index contributed by atoms with van der Waals surface area (Å²) in [5.74, 6) is 1.18. The second-order valence-corrected chi connectivity index (χ2v) is 7.49. The SMILES string of the molecule is COc1ccc(C(=O)C2CCN(C(=O)c3c(-c4ccccc4)noc3C)CC2)cc1. The Labute approximate surface area is 175 Å². The fourth-order valence-corrected chi connectivity index (χ4v) is 3.91. The molecule has 0 radical (unpaired) electrons. The highest BCUT2D eigenvalue weighted by molar-refractivity contribution is 6.01. The van der Waals surface area contributed by atoms with Crippen LogP contribution in [0.1, 0.15) is 39.3 Å². The van der Waals surface area contributed by atoms with E-state index in [1.807, 2.05) is 30.3 Å². The molecule has 0 atom stereocenters. The number of hydrogen-bond donors (Lipinski definition) is 0.